The number of benzene rings is 2. The van der Waals surface area contributed by atoms with E-state index in [0.29, 0.717) is 10.9 Å². The van der Waals surface area contributed by atoms with Crippen molar-refractivity contribution in [1.82, 2.24) is 5.32 Å². The smallest absolute Gasteiger partial charge is 0.0468 e. The van der Waals surface area contributed by atoms with E-state index in [1.54, 1.807) is 0 Å². The van der Waals surface area contributed by atoms with E-state index in [1.807, 2.05) is 18.2 Å². The largest absolute Gasteiger partial charge is 0.310 e. The first-order valence-corrected chi connectivity index (χ1v) is 7.72. The van der Waals surface area contributed by atoms with Crippen molar-refractivity contribution < 1.29 is 0 Å². The maximum atomic E-state index is 6.39. The number of fused-ring (bicyclic) bond motifs is 1. The van der Waals surface area contributed by atoms with Gasteiger partial charge in [-0.3, -0.25) is 0 Å². The normalized spacial score (nSPS) is 18.2. The summed E-state index contributed by atoms with van der Waals surface area (Å²) in [4.78, 5) is 0. The van der Waals surface area contributed by atoms with Crippen LogP contribution in [0.15, 0.2) is 42.5 Å². The van der Waals surface area contributed by atoms with E-state index in [0.717, 1.165) is 23.6 Å². The third kappa shape index (κ3) is 2.46. The summed E-state index contributed by atoms with van der Waals surface area (Å²) in [7, 11) is 0. The SMILES string of the molecule is CCNC(c1ccc(Cl)cc1Cl)C1Cc2ccccc21. The van der Waals surface area contributed by atoms with E-state index >= 15 is 0 Å². The summed E-state index contributed by atoms with van der Waals surface area (Å²) in [6, 6.07) is 14.7. The van der Waals surface area contributed by atoms with Crippen LogP contribution in [0, 0.1) is 0 Å². The first-order chi connectivity index (χ1) is 9.70. The van der Waals surface area contributed by atoms with Crippen LogP contribution in [-0.4, -0.2) is 6.54 Å². The third-order valence-corrected chi connectivity index (χ3v) is 4.58. The van der Waals surface area contributed by atoms with Crippen LogP contribution in [0.4, 0.5) is 0 Å². The van der Waals surface area contributed by atoms with Crippen molar-refractivity contribution >= 4 is 23.2 Å². The molecule has 1 nitrogen and oxygen atoms in total. The molecule has 2 aromatic rings. The Morgan fingerprint density at radius 2 is 2.00 bits per heavy atom. The first kappa shape index (κ1) is 13.9. The molecule has 0 amide bonds. The third-order valence-electron chi connectivity index (χ3n) is 4.02. The van der Waals surface area contributed by atoms with Crippen molar-refractivity contribution in [2.24, 2.45) is 0 Å². The molecule has 0 fully saturated rings. The van der Waals surface area contributed by atoms with Crippen molar-refractivity contribution in [1.29, 1.82) is 0 Å². The van der Waals surface area contributed by atoms with Gasteiger partial charge in [0.15, 0.2) is 0 Å². The van der Waals surface area contributed by atoms with E-state index in [4.69, 9.17) is 23.2 Å². The Hall–Kier alpha value is -1.02. The van der Waals surface area contributed by atoms with Gasteiger partial charge >= 0.3 is 0 Å². The molecule has 20 heavy (non-hydrogen) atoms. The second kappa shape index (κ2) is 5.77. The topological polar surface area (TPSA) is 12.0 Å². The molecule has 0 saturated heterocycles. The molecule has 1 aliphatic rings. The molecule has 104 valence electrons. The monoisotopic (exact) mass is 305 g/mol. The minimum absolute atomic E-state index is 0.250. The van der Waals surface area contributed by atoms with Crippen LogP contribution in [0.25, 0.3) is 0 Å². The summed E-state index contributed by atoms with van der Waals surface area (Å²) < 4.78 is 0. The Kier molecular flexibility index (Phi) is 4.02. The van der Waals surface area contributed by atoms with Crippen LogP contribution in [0.3, 0.4) is 0 Å². The number of nitrogens with one attached hydrogen (secondary N) is 1. The van der Waals surface area contributed by atoms with E-state index in [1.165, 1.54) is 11.1 Å². The number of rotatable bonds is 4. The van der Waals surface area contributed by atoms with Gasteiger partial charge in [-0.25, -0.2) is 0 Å². The molecule has 0 aromatic heterocycles. The molecule has 2 aromatic carbocycles. The van der Waals surface area contributed by atoms with Crippen molar-refractivity contribution in [2.45, 2.75) is 25.3 Å². The molecule has 1 N–H and O–H groups in total. The standard InChI is InChI=1S/C17H17Cl2N/c1-2-20-17(14-8-7-12(18)10-16(14)19)15-9-11-5-3-4-6-13(11)15/h3-8,10,15,17,20H,2,9H2,1H3. The summed E-state index contributed by atoms with van der Waals surface area (Å²) in [6.07, 6.45) is 1.10. The van der Waals surface area contributed by atoms with E-state index in [9.17, 15) is 0 Å². The second-order valence-corrected chi connectivity index (χ2v) is 6.05. The average molecular weight is 306 g/mol. The van der Waals surface area contributed by atoms with Gasteiger partial charge in [-0.15, -0.1) is 0 Å². The van der Waals surface area contributed by atoms with Crippen molar-refractivity contribution in [3.63, 3.8) is 0 Å². The number of hydrogen-bond acceptors (Lipinski definition) is 1. The summed E-state index contributed by atoms with van der Waals surface area (Å²) in [6.45, 7) is 3.05. The lowest BCUT2D eigenvalue weighted by Gasteiger charge is -2.37. The van der Waals surface area contributed by atoms with Gasteiger partial charge in [-0.1, -0.05) is 60.5 Å². The Morgan fingerprint density at radius 3 is 2.70 bits per heavy atom. The molecule has 2 atom stereocenters. The Morgan fingerprint density at radius 1 is 1.20 bits per heavy atom. The molecule has 0 spiro atoms. The zero-order chi connectivity index (χ0) is 14.1. The van der Waals surface area contributed by atoms with Crippen molar-refractivity contribution in [3.05, 3.63) is 69.2 Å². The van der Waals surface area contributed by atoms with E-state index in [-0.39, 0.29) is 6.04 Å². The molecule has 2 unspecified atom stereocenters. The predicted octanol–water partition coefficient (Wildman–Crippen LogP) is 4.98. The van der Waals surface area contributed by atoms with Gasteiger partial charge in [0, 0.05) is 22.0 Å². The van der Waals surface area contributed by atoms with Crippen molar-refractivity contribution in [3.8, 4) is 0 Å². The average Bonchev–Trinajstić information content (AvgIpc) is 2.39. The number of hydrogen-bond donors (Lipinski definition) is 1. The van der Waals surface area contributed by atoms with Crippen LogP contribution in [0.2, 0.25) is 10.0 Å². The van der Waals surface area contributed by atoms with Gasteiger partial charge in [0.05, 0.1) is 0 Å². The lowest BCUT2D eigenvalue weighted by molar-refractivity contribution is 0.420. The number of halogens is 2. The fourth-order valence-electron chi connectivity index (χ4n) is 3.04. The van der Waals surface area contributed by atoms with Gasteiger partial charge in [0.1, 0.15) is 0 Å². The first-order valence-electron chi connectivity index (χ1n) is 6.97. The van der Waals surface area contributed by atoms with E-state index in [2.05, 4.69) is 36.5 Å². The molecular formula is C17H17Cl2N. The fourth-order valence-corrected chi connectivity index (χ4v) is 3.56. The Bertz CT molecular complexity index is 624. The highest BCUT2D eigenvalue weighted by Crippen LogP contribution is 2.45. The zero-order valence-electron chi connectivity index (χ0n) is 11.4. The summed E-state index contributed by atoms with van der Waals surface area (Å²) in [5, 5.41) is 5.00. The molecule has 0 bridgehead atoms. The molecule has 1 aliphatic carbocycles. The minimum atomic E-state index is 0.250. The Labute approximate surface area is 129 Å². The maximum Gasteiger partial charge on any atom is 0.0468 e. The van der Waals surface area contributed by atoms with Crippen LogP contribution >= 0.6 is 23.2 Å². The molecule has 0 radical (unpaired) electrons. The highest BCUT2D eigenvalue weighted by molar-refractivity contribution is 6.35. The zero-order valence-corrected chi connectivity index (χ0v) is 12.9. The number of likely N-dealkylation sites (N-methyl/N-ethyl adjacent to an activating group) is 1. The molecule has 3 heteroatoms. The quantitative estimate of drug-likeness (QED) is 0.839. The van der Waals surface area contributed by atoms with Crippen LogP contribution < -0.4 is 5.32 Å². The highest BCUT2D eigenvalue weighted by atomic mass is 35.5. The van der Waals surface area contributed by atoms with Gasteiger partial charge in [0.2, 0.25) is 0 Å². The lowest BCUT2D eigenvalue weighted by Crippen LogP contribution is -2.33. The molecule has 0 aliphatic heterocycles. The van der Waals surface area contributed by atoms with Crippen LogP contribution in [0.5, 0.6) is 0 Å². The molecule has 0 saturated carbocycles. The summed E-state index contributed by atoms with van der Waals surface area (Å²) >= 11 is 12.4. The highest BCUT2D eigenvalue weighted by Gasteiger charge is 2.34. The Balaban J connectivity index is 1.95. The molecular weight excluding hydrogens is 289 g/mol. The maximum absolute atomic E-state index is 6.39. The van der Waals surface area contributed by atoms with Gasteiger partial charge in [0.25, 0.3) is 0 Å². The van der Waals surface area contributed by atoms with Gasteiger partial charge < -0.3 is 5.32 Å². The minimum Gasteiger partial charge on any atom is -0.310 e. The molecule has 0 heterocycles. The van der Waals surface area contributed by atoms with Crippen LogP contribution in [-0.2, 0) is 6.42 Å². The van der Waals surface area contributed by atoms with Crippen molar-refractivity contribution in [2.75, 3.05) is 6.54 Å². The fraction of sp³-hybridized carbons (Fsp3) is 0.294. The summed E-state index contributed by atoms with van der Waals surface area (Å²) in [5.41, 5.74) is 4.02. The lowest BCUT2D eigenvalue weighted by atomic mass is 9.71. The molecule has 3 rings (SSSR count). The second-order valence-electron chi connectivity index (χ2n) is 5.21. The summed E-state index contributed by atoms with van der Waals surface area (Å²) in [5.74, 6) is 0.491. The van der Waals surface area contributed by atoms with Gasteiger partial charge in [-0.05, 0) is 41.8 Å². The van der Waals surface area contributed by atoms with Crippen LogP contribution in [0.1, 0.15) is 35.6 Å². The van der Waals surface area contributed by atoms with Gasteiger partial charge in [-0.2, -0.15) is 0 Å². The van der Waals surface area contributed by atoms with E-state index < -0.39 is 0 Å². The predicted molar refractivity (Wildman–Crippen MR) is 85.8 cm³/mol.